The topological polar surface area (TPSA) is 15.8 Å². The minimum Gasteiger partial charge on any atom is -0.364 e. The number of aromatic nitrogens is 1. The molecular weight excluding hydrogens is 429 g/mol. The largest absolute Gasteiger partial charge is 0.364 e. The van der Waals surface area contributed by atoms with Crippen LogP contribution in [0.25, 0.3) is 0 Å². The molecular formula is C31H55BNS. The van der Waals surface area contributed by atoms with E-state index < -0.39 is 0 Å². The van der Waals surface area contributed by atoms with Gasteiger partial charge in [0, 0.05) is 25.2 Å². The Balaban J connectivity index is 0.000000473. The van der Waals surface area contributed by atoms with Crippen LogP contribution in [0.2, 0.25) is 0 Å². The molecule has 2 unspecified atom stereocenters. The Morgan fingerprint density at radius 1 is 0.676 bits per heavy atom. The third-order valence-electron chi connectivity index (χ3n) is 7.29. The second-order valence-corrected chi connectivity index (χ2v) is 13.1. The van der Waals surface area contributed by atoms with E-state index in [1.165, 1.54) is 41.0 Å². The van der Waals surface area contributed by atoms with Gasteiger partial charge in [-0.15, -0.1) is 11.3 Å². The number of thiophene rings is 1. The van der Waals surface area contributed by atoms with E-state index in [1.807, 2.05) is 11.3 Å². The molecule has 0 aromatic carbocycles. The van der Waals surface area contributed by atoms with Crippen molar-refractivity contribution < 1.29 is 0 Å². The molecule has 1 aliphatic rings. The molecule has 193 valence electrons. The molecule has 2 aromatic heterocycles. The lowest BCUT2D eigenvalue weighted by atomic mass is 9.89. The third kappa shape index (κ3) is 11.2. The number of H-pyrrole nitrogens is 1. The zero-order chi connectivity index (χ0) is 25.3. The maximum atomic E-state index is 3.29. The second kappa shape index (κ2) is 15.9. The molecule has 0 saturated heterocycles. The van der Waals surface area contributed by atoms with Crippen LogP contribution in [-0.4, -0.2) is 13.4 Å². The van der Waals surface area contributed by atoms with Gasteiger partial charge in [-0.3, -0.25) is 0 Å². The van der Waals surface area contributed by atoms with Crippen molar-refractivity contribution in [2.75, 3.05) is 0 Å². The van der Waals surface area contributed by atoms with Crippen LogP contribution < -0.4 is 0 Å². The molecule has 1 fully saturated rings. The van der Waals surface area contributed by atoms with Crippen LogP contribution in [0.15, 0.2) is 23.7 Å². The Bertz CT molecular complexity index is 657. The van der Waals surface area contributed by atoms with E-state index in [2.05, 4.69) is 112 Å². The average molecular weight is 485 g/mol. The molecule has 2 heterocycles. The van der Waals surface area contributed by atoms with Gasteiger partial charge < -0.3 is 4.98 Å². The van der Waals surface area contributed by atoms with Crippen LogP contribution in [0, 0.1) is 23.7 Å². The molecule has 0 aliphatic heterocycles. The standard InChI is InChI=1S/C11H22.C10H17N.C10H16S.B/c1-8(2)10-5-6-11(7-10)9(3)4;2*1-7(2)9-5-10(8(3)4)11-6-9;/h8-11H,5-7H2,1-4H3;5-8,11H,1-4H3;5-8H,1-4H3;. The second-order valence-electron chi connectivity index (χ2n) is 12.1. The van der Waals surface area contributed by atoms with Crippen LogP contribution in [0.4, 0.5) is 0 Å². The van der Waals surface area contributed by atoms with Crippen LogP contribution in [0.3, 0.4) is 0 Å². The first-order valence-electron chi connectivity index (χ1n) is 13.6. The third-order valence-corrected chi connectivity index (χ3v) is 8.54. The van der Waals surface area contributed by atoms with Crippen molar-refractivity contribution in [3.8, 4) is 0 Å². The summed E-state index contributed by atoms with van der Waals surface area (Å²) in [6.45, 7) is 27.3. The van der Waals surface area contributed by atoms with Crippen molar-refractivity contribution in [1.29, 1.82) is 0 Å². The summed E-state index contributed by atoms with van der Waals surface area (Å²) >= 11 is 1.89. The van der Waals surface area contributed by atoms with Gasteiger partial charge in [0.1, 0.15) is 0 Å². The predicted octanol–water partition coefficient (Wildman–Crippen LogP) is 10.6. The number of nitrogens with one attached hydrogen (secondary N) is 1. The molecule has 1 aliphatic carbocycles. The molecule has 0 spiro atoms. The highest BCUT2D eigenvalue weighted by Gasteiger charge is 2.28. The highest BCUT2D eigenvalue weighted by Crippen LogP contribution is 2.39. The summed E-state index contributed by atoms with van der Waals surface area (Å²) in [4.78, 5) is 4.79. The van der Waals surface area contributed by atoms with Gasteiger partial charge in [-0.2, -0.15) is 0 Å². The van der Waals surface area contributed by atoms with Crippen molar-refractivity contribution in [1.82, 2.24) is 4.98 Å². The number of hydrogen-bond acceptors (Lipinski definition) is 1. The fourth-order valence-electron chi connectivity index (χ4n) is 4.33. The van der Waals surface area contributed by atoms with Gasteiger partial charge in [-0.1, -0.05) is 83.1 Å². The van der Waals surface area contributed by atoms with Crippen LogP contribution in [0.1, 0.15) is 148 Å². The first-order chi connectivity index (χ1) is 15.3. The lowest BCUT2D eigenvalue weighted by molar-refractivity contribution is 0.340. The summed E-state index contributed by atoms with van der Waals surface area (Å²) in [5.41, 5.74) is 4.24. The van der Waals surface area contributed by atoms with E-state index in [4.69, 9.17) is 0 Å². The molecule has 3 rings (SSSR count). The van der Waals surface area contributed by atoms with Crippen molar-refractivity contribution in [3.05, 3.63) is 45.4 Å². The van der Waals surface area contributed by atoms with Crippen molar-refractivity contribution in [2.24, 2.45) is 23.7 Å². The van der Waals surface area contributed by atoms with Crippen molar-refractivity contribution in [3.63, 3.8) is 0 Å². The molecule has 0 bridgehead atoms. The van der Waals surface area contributed by atoms with E-state index in [1.54, 1.807) is 0 Å². The normalized spacial score (nSPS) is 17.8. The summed E-state index contributed by atoms with van der Waals surface area (Å²) < 4.78 is 0. The molecule has 2 atom stereocenters. The summed E-state index contributed by atoms with van der Waals surface area (Å²) in [7, 11) is 0. The van der Waals surface area contributed by atoms with Gasteiger partial charge in [0.25, 0.3) is 0 Å². The monoisotopic (exact) mass is 484 g/mol. The Labute approximate surface area is 219 Å². The van der Waals surface area contributed by atoms with E-state index >= 15 is 0 Å². The summed E-state index contributed by atoms with van der Waals surface area (Å²) in [5.74, 6) is 6.51. The van der Waals surface area contributed by atoms with Gasteiger partial charge in [0.05, 0.1) is 0 Å². The van der Waals surface area contributed by atoms with E-state index in [0.29, 0.717) is 23.7 Å². The smallest absolute Gasteiger partial charge is 0.0176 e. The van der Waals surface area contributed by atoms with Gasteiger partial charge in [-0.05, 0) is 95.2 Å². The molecule has 2 aromatic rings. The molecule has 3 heteroatoms. The maximum Gasteiger partial charge on any atom is 0.0176 e. The van der Waals surface area contributed by atoms with Crippen molar-refractivity contribution >= 4 is 19.7 Å². The van der Waals surface area contributed by atoms with E-state index in [-0.39, 0.29) is 8.41 Å². The fraction of sp³-hybridized carbons (Fsp3) is 0.742. The lowest BCUT2D eigenvalue weighted by Crippen LogP contribution is -2.07. The first kappa shape index (κ1) is 33.0. The minimum absolute atomic E-state index is 0. The van der Waals surface area contributed by atoms with Gasteiger partial charge in [-0.25, -0.2) is 0 Å². The Morgan fingerprint density at radius 2 is 1.18 bits per heavy atom. The van der Waals surface area contributed by atoms with Crippen LogP contribution >= 0.6 is 11.3 Å². The maximum absolute atomic E-state index is 3.29. The minimum atomic E-state index is 0. The average Bonchev–Trinajstić information content (AvgIpc) is 3.49. The van der Waals surface area contributed by atoms with E-state index in [0.717, 1.165) is 23.7 Å². The molecule has 1 N–H and O–H groups in total. The molecule has 1 saturated carbocycles. The Kier molecular flexibility index (Phi) is 15.5. The quantitative estimate of drug-likeness (QED) is 0.392. The molecule has 34 heavy (non-hydrogen) atoms. The van der Waals surface area contributed by atoms with Gasteiger partial charge in [0.2, 0.25) is 0 Å². The molecule has 3 radical (unpaired) electrons. The highest BCUT2D eigenvalue weighted by atomic mass is 32.1. The highest BCUT2D eigenvalue weighted by molar-refractivity contribution is 7.10. The lowest BCUT2D eigenvalue weighted by Gasteiger charge is -2.16. The number of hydrogen-bond donors (Lipinski definition) is 1. The van der Waals surface area contributed by atoms with Gasteiger partial charge >= 0.3 is 0 Å². The van der Waals surface area contributed by atoms with Gasteiger partial charge in [0.15, 0.2) is 0 Å². The van der Waals surface area contributed by atoms with E-state index in [9.17, 15) is 0 Å². The number of rotatable bonds is 6. The Morgan fingerprint density at radius 3 is 1.41 bits per heavy atom. The summed E-state index contributed by atoms with van der Waals surface area (Å²) in [6, 6.07) is 4.59. The predicted molar refractivity (Wildman–Crippen MR) is 158 cm³/mol. The number of aromatic amines is 1. The molecule has 0 amide bonds. The zero-order valence-electron chi connectivity index (χ0n) is 24.5. The van der Waals surface area contributed by atoms with Crippen LogP contribution in [0.5, 0.6) is 0 Å². The first-order valence-corrected chi connectivity index (χ1v) is 14.5. The summed E-state index contributed by atoms with van der Waals surface area (Å²) in [6.07, 6.45) is 6.58. The Hall–Kier alpha value is -0.955. The van der Waals surface area contributed by atoms with Crippen molar-refractivity contribution in [2.45, 2.75) is 126 Å². The SMILES string of the molecule is CC(C)C1CCC(C(C)C)C1.CC(C)c1c[nH]c(C(C)C)c1.CC(C)c1csc(C(C)C)c1.[B]. The van der Waals surface area contributed by atoms with Crippen LogP contribution in [-0.2, 0) is 0 Å². The molecule has 1 nitrogen and oxygen atoms in total. The fourth-order valence-corrected chi connectivity index (χ4v) is 5.42. The summed E-state index contributed by atoms with van der Waals surface area (Å²) in [5, 5.41) is 2.28. The zero-order valence-corrected chi connectivity index (χ0v) is 25.4.